The van der Waals surface area contributed by atoms with Gasteiger partial charge in [0.1, 0.15) is 24.1 Å². The Kier molecular flexibility index (Phi) is 16.1. The molecule has 2 aromatic carbocycles. The normalized spacial score (nSPS) is 13.2. The Morgan fingerprint density at radius 3 is 2.22 bits per heavy atom. The van der Waals surface area contributed by atoms with Crippen molar-refractivity contribution in [2.45, 2.75) is 90.2 Å². The molecule has 2 atom stereocenters. The number of carbonyl (C=O) groups excluding carboxylic acids is 1. The summed E-state index contributed by atoms with van der Waals surface area (Å²) in [6.07, 6.45) is 12.0. The number of carbonyl (C=O) groups is 2. The highest BCUT2D eigenvalue weighted by Crippen LogP contribution is 2.43. The van der Waals surface area contributed by atoms with Crippen LogP contribution in [0, 0.1) is 0 Å². The van der Waals surface area contributed by atoms with Gasteiger partial charge in [-0.2, -0.15) is 0 Å². The summed E-state index contributed by atoms with van der Waals surface area (Å²) in [5, 5.41) is 8.72. The molecule has 0 fully saturated rings. The lowest BCUT2D eigenvalue weighted by atomic mass is 10.1. The molecule has 0 aliphatic carbocycles. The maximum atomic E-state index is 12.3. The van der Waals surface area contributed by atoms with Crippen LogP contribution >= 0.6 is 7.82 Å². The maximum absolute atomic E-state index is 12.3. The second-order valence-electron chi connectivity index (χ2n) is 9.89. The molecule has 0 aliphatic rings. The second-order valence-corrected chi connectivity index (χ2v) is 11.3. The Balaban J connectivity index is 1.67. The Bertz CT molecular complexity index is 1090. The van der Waals surface area contributed by atoms with E-state index < -0.39 is 26.4 Å². The van der Waals surface area contributed by atoms with Crippen molar-refractivity contribution in [2.24, 2.45) is 5.73 Å². The van der Waals surface area contributed by atoms with Gasteiger partial charge in [0.2, 0.25) is 0 Å². The van der Waals surface area contributed by atoms with Crippen molar-refractivity contribution < 1.29 is 42.7 Å². The summed E-state index contributed by atoms with van der Waals surface area (Å²) >= 11 is 0. The van der Waals surface area contributed by atoms with E-state index in [0.717, 1.165) is 24.2 Å². The molecule has 2 aromatic rings. The van der Waals surface area contributed by atoms with E-state index in [1.807, 2.05) is 24.3 Å². The van der Waals surface area contributed by atoms with Crippen LogP contribution < -0.4 is 15.0 Å². The zero-order valence-electron chi connectivity index (χ0n) is 23.9. The molecule has 41 heavy (non-hydrogen) atoms. The molecule has 0 bridgehead atoms. The van der Waals surface area contributed by atoms with Gasteiger partial charge >= 0.3 is 19.8 Å². The number of hydrogen-bond donors (Lipinski definition) is 3. The minimum Gasteiger partial charge on any atom is -0.493 e. The number of rotatable bonds is 22. The van der Waals surface area contributed by atoms with Gasteiger partial charge in [0.15, 0.2) is 0 Å². The smallest absolute Gasteiger partial charge is 0.493 e. The summed E-state index contributed by atoms with van der Waals surface area (Å²) in [4.78, 5) is 32.8. The van der Waals surface area contributed by atoms with E-state index in [4.69, 9.17) is 24.8 Å². The summed E-state index contributed by atoms with van der Waals surface area (Å²) in [6, 6.07) is 12.2. The van der Waals surface area contributed by atoms with Crippen LogP contribution in [0.2, 0.25) is 0 Å². The zero-order valence-corrected chi connectivity index (χ0v) is 24.8. The third-order valence-electron chi connectivity index (χ3n) is 6.35. The third-order valence-corrected chi connectivity index (χ3v) is 7.27. The van der Waals surface area contributed by atoms with Crippen LogP contribution in [0.25, 0.3) is 0 Å². The number of aryl methyl sites for hydroxylation is 1. The topological polar surface area (TPSA) is 155 Å². The number of benzene rings is 2. The van der Waals surface area contributed by atoms with Crippen molar-refractivity contribution in [3.05, 3.63) is 59.7 Å². The van der Waals surface area contributed by atoms with Crippen LogP contribution in [0.1, 0.15) is 82.3 Å². The highest BCUT2D eigenvalue weighted by molar-refractivity contribution is 7.47. The molecule has 228 valence electrons. The van der Waals surface area contributed by atoms with E-state index in [0.29, 0.717) is 18.6 Å². The van der Waals surface area contributed by atoms with Gasteiger partial charge in [0.05, 0.1) is 13.2 Å². The minimum atomic E-state index is -4.55. The number of nitrogens with two attached hydrogens (primary N) is 1. The van der Waals surface area contributed by atoms with Crippen LogP contribution in [0.15, 0.2) is 48.5 Å². The van der Waals surface area contributed by atoms with E-state index >= 15 is 0 Å². The van der Waals surface area contributed by atoms with Gasteiger partial charge in [-0.1, -0.05) is 88.6 Å². The standard InChI is InChI=1S/C30H44NO9P/c1-2-3-4-5-6-7-8-9-12-21-37-28-14-11-10-13-25(28)17-20-29(32)38-22-24-15-18-26(19-16-24)40-41(35,36)39-23-27(31)30(33)34/h10-11,13-16,18-19,27H,2-9,12,17,20-23,31H2,1H3,(H,33,34)(H,35,36)/t27-/m0/s1. The van der Waals surface area contributed by atoms with Gasteiger partial charge in [-0.25, -0.2) is 4.57 Å². The van der Waals surface area contributed by atoms with Crippen molar-refractivity contribution in [2.75, 3.05) is 13.2 Å². The number of phosphoric acid groups is 1. The maximum Gasteiger partial charge on any atom is 0.527 e. The minimum absolute atomic E-state index is 0.0221. The molecule has 0 spiro atoms. The lowest BCUT2D eigenvalue weighted by molar-refractivity contribution is -0.145. The van der Waals surface area contributed by atoms with Gasteiger partial charge in [0.25, 0.3) is 0 Å². The zero-order chi connectivity index (χ0) is 29.9. The van der Waals surface area contributed by atoms with Crippen molar-refractivity contribution in [1.29, 1.82) is 0 Å². The number of phosphoric ester groups is 1. The molecule has 4 N–H and O–H groups in total. The van der Waals surface area contributed by atoms with Crippen LogP contribution in [0.4, 0.5) is 0 Å². The number of aliphatic carboxylic acids is 1. The quantitative estimate of drug-likeness (QED) is 0.0819. The predicted molar refractivity (Wildman–Crippen MR) is 156 cm³/mol. The molecule has 0 aromatic heterocycles. The fourth-order valence-corrected chi connectivity index (χ4v) is 4.76. The fourth-order valence-electron chi connectivity index (χ4n) is 3.97. The highest BCUT2D eigenvalue weighted by atomic mass is 31.2. The number of para-hydroxylation sites is 1. The van der Waals surface area contributed by atoms with E-state index in [-0.39, 0.29) is 24.7 Å². The average Bonchev–Trinajstić information content (AvgIpc) is 2.95. The van der Waals surface area contributed by atoms with E-state index in [1.54, 1.807) is 12.1 Å². The van der Waals surface area contributed by atoms with Crippen LogP contribution in [0.3, 0.4) is 0 Å². The second kappa shape index (κ2) is 19.3. The van der Waals surface area contributed by atoms with E-state index in [2.05, 4.69) is 11.4 Å². The van der Waals surface area contributed by atoms with Gasteiger partial charge in [0, 0.05) is 6.42 Å². The Labute approximate surface area is 242 Å². The van der Waals surface area contributed by atoms with Crippen LogP contribution in [0.5, 0.6) is 11.5 Å². The predicted octanol–water partition coefficient (Wildman–Crippen LogP) is 6.18. The summed E-state index contributed by atoms with van der Waals surface area (Å²) in [5.41, 5.74) is 6.86. The molecule has 0 amide bonds. The van der Waals surface area contributed by atoms with Crippen molar-refractivity contribution in [1.82, 2.24) is 0 Å². The molecule has 2 rings (SSSR count). The number of ether oxygens (including phenoxy) is 2. The van der Waals surface area contributed by atoms with E-state index in [9.17, 15) is 19.0 Å². The summed E-state index contributed by atoms with van der Waals surface area (Å²) in [5.74, 6) is -0.910. The lowest BCUT2D eigenvalue weighted by Gasteiger charge is -2.14. The number of carboxylic acid groups (broad SMARTS) is 1. The molecule has 0 saturated heterocycles. The first-order chi connectivity index (χ1) is 19.7. The lowest BCUT2D eigenvalue weighted by Crippen LogP contribution is -2.34. The van der Waals surface area contributed by atoms with Crippen LogP contribution in [-0.4, -0.2) is 41.2 Å². The van der Waals surface area contributed by atoms with Crippen molar-refractivity contribution in [3.63, 3.8) is 0 Å². The number of esters is 1. The molecular weight excluding hydrogens is 549 g/mol. The molecule has 11 heteroatoms. The number of unbranched alkanes of at least 4 members (excludes halogenated alkanes) is 8. The molecule has 0 aliphatic heterocycles. The van der Waals surface area contributed by atoms with Crippen molar-refractivity contribution >= 4 is 19.8 Å². The molecular formula is C30H44NO9P. The first-order valence-electron chi connectivity index (χ1n) is 14.3. The Morgan fingerprint density at radius 2 is 1.56 bits per heavy atom. The highest BCUT2D eigenvalue weighted by Gasteiger charge is 2.26. The van der Waals surface area contributed by atoms with E-state index in [1.165, 1.54) is 57.1 Å². The Hall–Kier alpha value is -2.91. The average molecular weight is 594 g/mol. The molecule has 1 unspecified atom stereocenters. The number of hydrogen-bond acceptors (Lipinski definition) is 8. The molecule has 0 radical (unpaired) electrons. The summed E-state index contributed by atoms with van der Waals surface area (Å²) in [7, 11) is -4.55. The fraction of sp³-hybridized carbons (Fsp3) is 0.533. The third kappa shape index (κ3) is 15.0. The van der Waals surface area contributed by atoms with Gasteiger partial charge < -0.3 is 24.8 Å². The largest absolute Gasteiger partial charge is 0.527 e. The van der Waals surface area contributed by atoms with Crippen molar-refractivity contribution in [3.8, 4) is 11.5 Å². The SMILES string of the molecule is CCCCCCCCCCCOc1ccccc1CCC(=O)OCc1ccc(OP(=O)(O)OC[C@H](N)C(=O)O)cc1. The molecule has 0 heterocycles. The monoisotopic (exact) mass is 593 g/mol. The first kappa shape index (κ1) is 34.3. The summed E-state index contributed by atoms with van der Waals surface area (Å²) < 4.78 is 32.8. The van der Waals surface area contributed by atoms with Gasteiger partial charge in [-0.05, 0) is 42.2 Å². The Morgan fingerprint density at radius 1 is 0.927 bits per heavy atom. The summed E-state index contributed by atoms with van der Waals surface area (Å²) in [6.45, 7) is 2.23. The van der Waals surface area contributed by atoms with Gasteiger partial charge in [-0.15, -0.1) is 0 Å². The van der Waals surface area contributed by atoms with Crippen LogP contribution in [-0.2, 0) is 36.4 Å². The molecule has 10 nitrogen and oxygen atoms in total. The number of carboxylic acids is 1. The molecule has 0 saturated carbocycles. The first-order valence-corrected chi connectivity index (χ1v) is 15.8. The van der Waals surface area contributed by atoms with Gasteiger partial charge in [-0.3, -0.25) is 19.0 Å².